The van der Waals surface area contributed by atoms with Gasteiger partial charge in [-0.2, -0.15) is 0 Å². The summed E-state index contributed by atoms with van der Waals surface area (Å²) in [6.45, 7) is 1.15. The molecule has 2 bridgehead atoms. The normalized spacial score (nSPS) is 20.0. The third-order valence-corrected chi connectivity index (χ3v) is 5.67. The van der Waals surface area contributed by atoms with E-state index in [1.807, 2.05) is 4.90 Å². The number of halogens is 3. The highest BCUT2D eigenvalue weighted by molar-refractivity contribution is 6.08. The Morgan fingerprint density at radius 1 is 1.21 bits per heavy atom. The molecule has 3 aliphatic heterocycles. The second-order valence-electron chi connectivity index (χ2n) is 7.98. The number of H-pyrrole nitrogens is 1. The molecule has 0 aliphatic carbocycles. The van der Waals surface area contributed by atoms with Gasteiger partial charge in [-0.15, -0.1) is 0 Å². The lowest BCUT2D eigenvalue weighted by molar-refractivity contribution is -0.133. The molecule has 12 heteroatoms. The van der Waals surface area contributed by atoms with Crippen molar-refractivity contribution in [2.24, 2.45) is 11.6 Å². The number of benzene rings is 1. The van der Waals surface area contributed by atoms with Gasteiger partial charge in [-0.3, -0.25) is 9.80 Å². The molecule has 6 rings (SSSR count). The smallest absolute Gasteiger partial charge is 0.273 e. The molecule has 1 aromatic carbocycles. The van der Waals surface area contributed by atoms with E-state index in [1.165, 1.54) is 18.5 Å². The van der Waals surface area contributed by atoms with E-state index in [1.54, 1.807) is 0 Å². The summed E-state index contributed by atoms with van der Waals surface area (Å²) in [7, 11) is 0. The van der Waals surface area contributed by atoms with Crippen LogP contribution in [0.3, 0.4) is 0 Å². The van der Waals surface area contributed by atoms with Gasteiger partial charge in [-0.25, -0.2) is 24.0 Å². The predicted octanol–water partition coefficient (Wildman–Crippen LogP) is 2.08. The molecule has 2 aromatic heterocycles. The third kappa shape index (κ3) is 3.94. The van der Waals surface area contributed by atoms with E-state index < -0.39 is 23.4 Å². The minimum absolute atomic E-state index is 0.101. The lowest BCUT2D eigenvalue weighted by Gasteiger charge is -2.47. The average molecular weight is 459 g/mol. The van der Waals surface area contributed by atoms with Gasteiger partial charge in [0.25, 0.3) is 5.91 Å². The standard InChI is InChI=1S/C21H20F3N7O2/c22-14-3-13-18(4-15(14)23)27-6-19(13)29-21(32)17(25)9-31(26)10-1-16(24)20(28-5-10)30-7-11-2-12(8-30)33-11/h1,3-6,9,11-12,27H,2,7-8,25-26H2,(H,29,32)/b17-9-. The Hall–Kier alpha value is -3.77. The number of anilines is 3. The molecule has 3 saturated heterocycles. The first kappa shape index (κ1) is 21.1. The number of pyridine rings is 1. The maximum atomic E-state index is 14.7. The molecule has 3 aliphatic rings. The number of ether oxygens (including phenoxy) is 1. The fraction of sp³-hybridized carbons (Fsp3) is 0.238. The van der Waals surface area contributed by atoms with Crippen LogP contribution in [0.15, 0.2) is 42.5 Å². The van der Waals surface area contributed by atoms with Crippen LogP contribution in [-0.4, -0.2) is 41.2 Å². The van der Waals surface area contributed by atoms with Crippen LogP contribution in [0.1, 0.15) is 6.42 Å². The highest BCUT2D eigenvalue weighted by atomic mass is 19.2. The maximum Gasteiger partial charge on any atom is 0.273 e. The minimum atomic E-state index is -1.05. The van der Waals surface area contributed by atoms with E-state index in [-0.39, 0.29) is 40.5 Å². The van der Waals surface area contributed by atoms with Crippen molar-refractivity contribution < 1.29 is 22.7 Å². The molecule has 2 atom stereocenters. The quantitative estimate of drug-likeness (QED) is 0.262. The van der Waals surface area contributed by atoms with Crippen LogP contribution in [0.4, 0.5) is 30.4 Å². The number of fused-ring (bicyclic) bond motifs is 3. The van der Waals surface area contributed by atoms with E-state index in [2.05, 4.69) is 15.3 Å². The van der Waals surface area contributed by atoms with Gasteiger partial charge in [-0.05, 0) is 6.07 Å². The molecule has 3 aromatic rings. The van der Waals surface area contributed by atoms with Crippen LogP contribution in [0.2, 0.25) is 0 Å². The highest BCUT2D eigenvalue weighted by Crippen LogP contribution is 2.32. The fourth-order valence-corrected chi connectivity index (χ4v) is 4.02. The number of hydrogen-bond acceptors (Lipinski definition) is 7. The Balaban J connectivity index is 1.29. The van der Waals surface area contributed by atoms with Crippen molar-refractivity contribution in [2.75, 3.05) is 28.3 Å². The molecule has 6 N–H and O–H groups in total. The number of carbonyl (C=O) groups excluding carboxylic acids is 1. The molecule has 2 unspecified atom stereocenters. The minimum Gasteiger partial charge on any atom is -0.393 e. The zero-order valence-electron chi connectivity index (χ0n) is 17.2. The van der Waals surface area contributed by atoms with E-state index in [9.17, 15) is 18.0 Å². The predicted molar refractivity (Wildman–Crippen MR) is 115 cm³/mol. The summed E-state index contributed by atoms with van der Waals surface area (Å²) in [6, 6.07) is 3.13. The number of hydrogen-bond donors (Lipinski definition) is 4. The van der Waals surface area contributed by atoms with E-state index >= 15 is 0 Å². The molecule has 172 valence electrons. The van der Waals surface area contributed by atoms with Crippen molar-refractivity contribution in [3.63, 3.8) is 0 Å². The van der Waals surface area contributed by atoms with Crippen molar-refractivity contribution in [3.05, 3.63) is 59.9 Å². The molecule has 0 spiro atoms. The van der Waals surface area contributed by atoms with Crippen molar-refractivity contribution in [2.45, 2.75) is 18.6 Å². The van der Waals surface area contributed by atoms with Crippen molar-refractivity contribution in [1.29, 1.82) is 0 Å². The van der Waals surface area contributed by atoms with Crippen LogP contribution in [-0.2, 0) is 9.53 Å². The molecule has 1 amide bonds. The molecule has 0 radical (unpaired) electrons. The number of aromatic amines is 1. The highest BCUT2D eigenvalue weighted by Gasteiger charge is 2.39. The van der Waals surface area contributed by atoms with Crippen molar-refractivity contribution in [3.8, 4) is 0 Å². The number of amides is 1. The summed E-state index contributed by atoms with van der Waals surface area (Å²) in [5.74, 6) is 2.76. The first-order chi connectivity index (χ1) is 15.8. The van der Waals surface area contributed by atoms with Crippen molar-refractivity contribution >= 4 is 34.0 Å². The van der Waals surface area contributed by atoms with Crippen LogP contribution < -0.4 is 26.8 Å². The molecular weight excluding hydrogens is 439 g/mol. The van der Waals surface area contributed by atoms with E-state index in [4.69, 9.17) is 16.3 Å². The first-order valence-electron chi connectivity index (χ1n) is 10.1. The molecule has 9 nitrogen and oxygen atoms in total. The number of nitrogens with two attached hydrogens (primary N) is 2. The van der Waals surface area contributed by atoms with E-state index in [0.717, 1.165) is 29.8 Å². The largest absolute Gasteiger partial charge is 0.393 e. The summed E-state index contributed by atoms with van der Waals surface area (Å²) in [4.78, 5) is 21.2. The zero-order valence-corrected chi connectivity index (χ0v) is 17.2. The lowest BCUT2D eigenvalue weighted by Crippen LogP contribution is -2.57. The van der Waals surface area contributed by atoms with Gasteiger partial charge in [0.05, 0.1) is 41.5 Å². The van der Waals surface area contributed by atoms with Gasteiger partial charge < -0.3 is 25.7 Å². The molecule has 33 heavy (non-hydrogen) atoms. The van der Waals surface area contributed by atoms with Gasteiger partial charge in [0.15, 0.2) is 23.3 Å². The molecule has 0 saturated carbocycles. The van der Waals surface area contributed by atoms with Crippen LogP contribution in [0.25, 0.3) is 10.9 Å². The molecule has 5 heterocycles. The van der Waals surface area contributed by atoms with Gasteiger partial charge in [-0.1, -0.05) is 0 Å². The number of nitrogens with zero attached hydrogens (tertiary/aromatic N) is 3. The summed E-state index contributed by atoms with van der Waals surface area (Å²) in [6.07, 6.45) is 5.03. The first-order valence-corrected chi connectivity index (χ1v) is 10.1. The van der Waals surface area contributed by atoms with Gasteiger partial charge >= 0.3 is 0 Å². The summed E-state index contributed by atoms with van der Waals surface area (Å²) < 4.78 is 47.1. The second-order valence-corrected chi connectivity index (χ2v) is 7.98. The Kier molecular flexibility index (Phi) is 5.10. The zero-order chi connectivity index (χ0) is 23.3. The third-order valence-electron chi connectivity index (χ3n) is 5.67. The lowest BCUT2D eigenvalue weighted by atomic mass is 9.99. The van der Waals surface area contributed by atoms with E-state index in [0.29, 0.717) is 18.6 Å². The number of rotatable bonds is 5. The summed E-state index contributed by atoms with van der Waals surface area (Å²) in [5, 5.41) is 3.73. The summed E-state index contributed by atoms with van der Waals surface area (Å²) in [5.41, 5.74) is 6.20. The number of nitrogens with one attached hydrogen (secondary N) is 2. The Morgan fingerprint density at radius 2 is 1.91 bits per heavy atom. The van der Waals surface area contributed by atoms with Crippen LogP contribution in [0, 0.1) is 17.5 Å². The Morgan fingerprint density at radius 3 is 2.61 bits per heavy atom. The second kappa shape index (κ2) is 7.98. The van der Waals surface area contributed by atoms with Gasteiger partial charge in [0.2, 0.25) is 0 Å². The number of carbonyl (C=O) groups is 1. The van der Waals surface area contributed by atoms with Crippen molar-refractivity contribution in [1.82, 2.24) is 9.97 Å². The number of aromatic nitrogens is 2. The topological polar surface area (TPSA) is 126 Å². The maximum absolute atomic E-state index is 14.7. The van der Waals surface area contributed by atoms with Crippen LogP contribution >= 0.6 is 0 Å². The van der Waals surface area contributed by atoms with Gasteiger partial charge in [0.1, 0.15) is 5.70 Å². The molecule has 3 fully saturated rings. The average Bonchev–Trinajstić information content (AvgIpc) is 3.14. The van der Waals surface area contributed by atoms with Gasteiger partial charge in [0, 0.05) is 43.2 Å². The Labute approximate surface area is 185 Å². The number of hydrazine groups is 1. The SMILES string of the molecule is N/C(=C\N(N)c1cnc(N2CC3CC(C2)O3)c(F)c1)C(=O)Nc1c[nH]c2cc(F)c(F)cc12. The summed E-state index contributed by atoms with van der Waals surface area (Å²) >= 11 is 0. The number of morpholine rings is 1. The number of piperidine rings is 1. The fourth-order valence-electron chi connectivity index (χ4n) is 4.02. The monoisotopic (exact) mass is 459 g/mol. The Bertz CT molecular complexity index is 1260. The molecular formula is C21H20F3N7O2. The van der Waals surface area contributed by atoms with Crippen LogP contribution in [0.5, 0.6) is 0 Å².